The molecule has 1 atom stereocenters. The fourth-order valence-corrected chi connectivity index (χ4v) is 3.23. The number of carbonyl (C=O) groups excluding carboxylic acids is 2. The van der Waals surface area contributed by atoms with Gasteiger partial charge in [0.05, 0.1) is 11.9 Å². The van der Waals surface area contributed by atoms with Crippen molar-refractivity contribution in [3.63, 3.8) is 0 Å². The second-order valence-corrected chi connectivity index (χ2v) is 7.96. The number of ether oxygens (including phenoxy) is 1. The van der Waals surface area contributed by atoms with Crippen LogP contribution in [0.4, 0.5) is 5.69 Å². The largest absolute Gasteiger partial charge is 0.455 e. The number of amides is 1. The van der Waals surface area contributed by atoms with Gasteiger partial charge in [-0.1, -0.05) is 18.2 Å². The lowest BCUT2D eigenvalue weighted by Gasteiger charge is -2.16. The van der Waals surface area contributed by atoms with Crippen molar-refractivity contribution in [3.8, 4) is 11.5 Å². The van der Waals surface area contributed by atoms with Gasteiger partial charge < -0.3 is 10.1 Å². The number of nitrogens with one attached hydrogen (secondary N) is 2. The number of thioether (sulfide) groups is 1. The van der Waals surface area contributed by atoms with E-state index in [2.05, 4.69) is 10.0 Å². The summed E-state index contributed by atoms with van der Waals surface area (Å²) >= 11 is 1.18. The van der Waals surface area contributed by atoms with E-state index in [9.17, 15) is 18.0 Å². The third-order valence-electron chi connectivity index (χ3n) is 3.23. The van der Waals surface area contributed by atoms with Crippen molar-refractivity contribution in [2.75, 3.05) is 17.2 Å². The molecule has 0 saturated carbocycles. The smallest absolute Gasteiger partial charge is 0.229 e. The van der Waals surface area contributed by atoms with Gasteiger partial charge in [-0.25, -0.2) is 8.42 Å². The molecule has 1 unspecified atom stereocenters. The van der Waals surface area contributed by atoms with Gasteiger partial charge in [-0.15, -0.1) is 11.8 Å². The van der Waals surface area contributed by atoms with E-state index in [1.807, 2.05) is 6.07 Å². The first-order valence-corrected chi connectivity index (χ1v) is 10.6. The van der Waals surface area contributed by atoms with Gasteiger partial charge >= 0.3 is 0 Å². The average molecular weight is 394 g/mol. The van der Waals surface area contributed by atoms with Crippen LogP contribution < -0.4 is 14.8 Å². The number of carbonyl (C=O) groups is 2. The molecule has 2 aromatic rings. The molecule has 0 spiro atoms. The molecule has 2 N–H and O–H groups in total. The first kappa shape index (κ1) is 19.8. The molecule has 0 saturated heterocycles. The summed E-state index contributed by atoms with van der Waals surface area (Å²) in [7, 11) is -3.53. The average Bonchev–Trinajstić information content (AvgIpc) is 2.60. The summed E-state index contributed by atoms with van der Waals surface area (Å²) in [6.45, 7) is 0. The molecule has 0 fully saturated rings. The van der Waals surface area contributed by atoms with Crippen LogP contribution in [0.1, 0.15) is 10.4 Å². The number of benzene rings is 2. The maximum Gasteiger partial charge on any atom is 0.229 e. The molecule has 0 bridgehead atoms. The number of sulfonamides is 1. The second kappa shape index (κ2) is 8.72. The molecule has 0 heterocycles. The number of Topliss-reactive ketones (excluding diaryl/α,β-unsaturated/α-hetero) is 1. The standard InChI is InChI=1S/C17H18N2O5S2/c1-25-17(18-11-20)16(21)12-8-9-14(19-26(2,22)23)15(10-12)24-13-6-4-3-5-7-13/h3-11,17,19H,1-2H3,(H,18,20). The summed E-state index contributed by atoms with van der Waals surface area (Å²) in [4.78, 5) is 23.2. The Morgan fingerprint density at radius 3 is 2.46 bits per heavy atom. The Balaban J connectivity index is 2.42. The Labute approximate surface area is 156 Å². The molecule has 2 rings (SSSR count). The Morgan fingerprint density at radius 1 is 1.19 bits per heavy atom. The SMILES string of the molecule is CSC(NC=O)C(=O)c1ccc(NS(C)(=O)=O)c(Oc2ccccc2)c1. The summed E-state index contributed by atoms with van der Waals surface area (Å²) in [6, 6.07) is 13.1. The van der Waals surface area contributed by atoms with E-state index in [1.165, 1.54) is 30.0 Å². The Hall–Kier alpha value is -2.52. The highest BCUT2D eigenvalue weighted by atomic mass is 32.2. The van der Waals surface area contributed by atoms with Gasteiger partial charge in [-0.2, -0.15) is 0 Å². The van der Waals surface area contributed by atoms with Crippen LogP contribution in [0.2, 0.25) is 0 Å². The Morgan fingerprint density at radius 2 is 1.88 bits per heavy atom. The summed E-state index contributed by atoms with van der Waals surface area (Å²) in [5.41, 5.74) is 0.487. The maximum atomic E-state index is 12.5. The maximum absolute atomic E-state index is 12.5. The van der Waals surface area contributed by atoms with E-state index in [-0.39, 0.29) is 22.8 Å². The highest BCUT2D eigenvalue weighted by molar-refractivity contribution is 7.99. The van der Waals surface area contributed by atoms with Crippen molar-refractivity contribution in [1.29, 1.82) is 0 Å². The van der Waals surface area contributed by atoms with E-state index in [0.29, 0.717) is 12.2 Å². The van der Waals surface area contributed by atoms with Gasteiger partial charge in [0.1, 0.15) is 11.1 Å². The van der Waals surface area contributed by atoms with Crippen LogP contribution in [0.25, 0.3) is 0 Å². The first-order chi connectivity index (χ1) is 12.3. The van der Waals surface area contributed by atoms with Crippen LogP contribution in [0.15, 0.2) is 48.5 Å². The van der Waals surface area contributed by atoms with Crippen LogP contribution in [0.3, 0.4) is 0 Å². The number of rotatable bonds is 9. The Kier molecular flexibility index (Phi) is 6.64. The van der Waals surface area contributed by atoms with Crippen LogP contribution in [-0.2, 0) is 14.8 Å². The lowest BCUT2D eigenvalue weighted by molar-refractivity contribution is -0.109. The molecular formula is C17H18N2O5S2. The van der Waals surface area contributed by atoms with E-state index >= 15 is 0 Å². The summed E-state index contributed by atoms with van der Waals surface area (Å²) in [5, 5.41) is 1.69. The van der Waals surface area contributed by atoms with Crippen LogP contribution in [0.5, 0.6) is 11.5 Å². The number of para-hydroxylation sites is 1. The van der Waals surface area contributed by atoms with Crippen molar-refractivity contribution < 1.29 is 22.7 Å². The van der Waals surface area contributed by atoms with Crippen LogP contribution in [0, 0.1) is 0 Å². The van der Waals surface area contributed by atoms with Crippen molar-refractivity contribution in [2.24, 2.45) is 0 Å². The van der Waals surface area contributed by atoms with Gasteiger partial charge in [-0.05, 0) is 36.6 Å². The third kappa shape index (κ3) is 5.50. The quantitative estimate of drug-likeness (QED) is 0.385. The molecule has 0 aliphatic carbocycles. The van der Waals surface area contributed by atoms with Crippen molar-refractivity contribution in [3.05, 3.63) is 54.1 Å². The van der Waals surface area contributed by atoms with Gasteiger partial charge in [0.25, 0.3) is 0 Å². The molecule has 0 aliphatic heterocycles. The van der Waals surface area contributed by atoms with Gasteiger partial charge in [0, 0.05) is 5.56 Å². The molecule has 0 aliphatic rings. The van der Waals surface area contributed by atoms with Gasteiger partial charge in [-0.3, -0.25) is 14.3 Å². The fraction of sp³-hybridized carbons (Fsp3) is 0.176. The number of ketones is 1. The summed E-state index contributed by atoms with van der Waals surface area (Å²) < 4.78 is 31.3. The zero-order valence-corrected chi connectivity index (χ0v) is 15.8. The molecule has 7 nitrogen and oxygen atoms in total. The summed E-state index contributed by atoms with van der Waals surface area (Å²) in [6.07, 6.45) is 3.18. The second-order valence-electron chi connectivity index (χ2n) is 5.26. The van der Waals surface area contributed by atoms with Crippen molar-refractivity contribution in [1.82, 2.24) is 5.32 Å². The molecule has 9 heteroatoms. The summed E-state index contributed by atoms with van der Waals surface area (Å²) in [5.74, 6) is 0.341. The van der Waals surface area contributed by atoms with Crippen LogP contribution >= 0.6 is 11.8 Å². The Bertz CT molecular complexity index is 885. The van der Waals surface area contributed by atoms with E-state index < -0.39 is 15.4 Å². The van der Waals surface area contributed by atoms with Crippen molar-refractivity contribution in [2.45, 2.75) is 5.37 Å². The topological polar surface area (TPSA) is 102 Å². The normalized spacial score (nSPS) is 12.1. The predicted octanol–water partition coefficient (Wildman–Crippen LogP) is 2.47. The van der Waals surface area contributed by atoms with E-state index in [1.54, 1.807) is 30.5 Å². The molecule has 1 amide bonds. The first-order valence-electron chi connectivity index (χ1n) is 7.45. The highest BCUT2D eigenvalue weighted by Gasteiger charge is 2.20. The lowest BCUT2D eigenvalue weighted by Crippen LogP contribution is -2.32. The van der Waals surface area contributed by atoms with Crippen molar-refractivity contribution >= 4 is 39.7 Å². The third-order valence-corrected chi connectivity index (χ3v) is 4.64. The monoisotopic (exact) mass is 394 g/mol. The molecule has 0 aromatic heterocycles. The van der Waals surface area contributed by atoms with Gasteiger partial charge in [0.15, 0.2) is 11.5 Å². The number of hydrogen-bond donors (Lipinski definition) is 2. The zero-order chi connectivity index (χ0) is 19.2. The molecule has 0 radical (unpaired) electrons. The molecular weight excluding hydrogens is 376 g/mol. The minimum absolute atomic E-state index is 0.179. The highest BCUT2D eigenvalue weighted by Crippen LogP contribution is 2.32. The number of hydrogen-bond acceptors (Lipinski definition) is 6. The van der Waals surface area contributed by atoms with Gasteiger partial charge in [0.2, 0.25) is 16.4 Å². The minimum atomic E-state index is -3.53. The molecule has 138 valence electrons. The molecule has 2 aromatic carbocycles. The lowest BCUT2D eigenvalue weighted by atomic mass is 10.1. The van der Waals surface area contributed by atoms with Crippen LogP contribution in [-0.4, -0.2) is 38.5 Å². The number of anilines is 1. The van der Waals surface area contributed by atoms with E-state index in [4.69, 9.17) is 4.74 Å². The fourth-order valence-electron chi connectivity index (χ4n) is 2.12. The zero-order valence-electron chi connectivity index (χ0n) is 14.1. The predicted molar refractivity (Wildman–Crippen MR) is 102 cm³/mol. The minimum Gasteiger partial charge on any atom is -0.455 e. The molecule has 26 heavy (non-hydrogen) atoms. The van der Waals surface area contributed by atoms with E-state index in [0.717, 1.165) is 6.26 Å².